The normalized spacial score (nSPS) is 15.6. The Kier molecular flexibility index (Phi) is 4.56. The lowest BCUT2D eigenvalue weighted by atomic mass is 9.90. The number of carbonyl (C=O) groups is 2. The van der Waals surface area contributed by atoms with Gasteiger partial charge in [-0.25, -0.2) is 4.79 Å². The third-order valence-corrected chi connectivity index (χ3v) is 5.55. The maximum Gasteiger partial charge on any atom is 0.339 e. The van der Waals surface area contributed by atoms with Crippen LogP contribution in [0.15, 0.2) is 41.2 Å². The molecule has 2 N–H and O–H groups in total. The Balaban J connectivity index is 1.98. The number of rotatable bonds is 5. The number of amides is 1. The second-order valence-electron chi connectivity index (χ2n) is 6.38. The van der Waals surface area contributed by atoms with E-state index in [2.05, 4.69) is 5.32 Å². The summed E-state index contributed by atoms with van der Waals surface area (Å²) in [6.07, 6.45) is 1.77. The van der Waals surface area contributed by atoms with Crippen molar-refractivity contribution in [2.75, 3.05) is 19.5 Å². The Morgan fingerprint density at radius 3 is 2.75 bits per heavy atom. The molecule has 1 aliphatic heterocycles. The fourth-order valence-corrected chi connectivity index (χ4v) is 4.28. The highest BCUT2D eigenvalue weighted by atomic mass is 32.1. The Morgan fingerprint density at radius 2 is 2.11 bits per heavy atom. The number of nitrogens with one attached hydrogen (secondary N) is 1. The van der Waals surface area contributed by atoms with Gasteiger partial charge in [0.2, 0.25) is 5.91 Å². The maximum atomic E-state index is 12.3. The van der Waals surface area contributed by atoms with Crippen LogP contribution in [0.1, 0.15) is 34.0 Å². The molecule has 3 aromatic rings. The van der Waals surface area contributed by atoms with Crippen LogP contribution in [0.5, 0.6) is 11.5 Å². The fourth-order valence-electron chi connectivity index (χ4n) is 3.56. The second-order valence-corrected chi connectivity index (χ2v) is 7.16. The van der Waals surface area contributed by atoms with Gasteiger partial charge in [0.1, 0.15) is 17.1 Å². The molecule has 0 saturated carbocycles. The summed E-state index contributed by atoms with van der Waals surface area (Å²) in [5.41, 5.74) is 2.74. The van der Waals surface area contributed by atoms with Gasteiger partial charge in [-0.2, -0.15) is 11.3 Å². The Morgan fingerprint density at radius 1 is 1.29 bits per heavy atom. The number of aromatic carboxylic acids is 1. The molecule has 0 bridgehead atoms. The lowest BCUT2D eigenvalue weighted by Crippen LogP contribution is -2.25. The minimum Gasteiger partial charge on any atom is -0.497 e. The maximum absolute atomic E-state index is 12.3. The molecule has 0 radical (unpaired) electrons. The first-order chi connectivity index (χ1) is 13.5. The van der Waals surface area contributed by atoms with E-state index in [1.807, 2.05) is 22.9 Å². The predicted octanol–water partition coefficient (Wildman–Crippen LogP) is 3.73. The number of methoxy groups -OCH3 is 2. The molecule has 0 saturated heterocycles. The first-order valence-electron chi connectivity index (χ1n) is 8.56. The summed E-state index contributed by atoms with van der Waals surface area (Å²) < 4.78 is 12.6. The highest BCUT2D eigenvalue weighted by molar-refractivity contribution is 7.08. The minimum atomic E-state index is -1.10. The molecular weight excluding hydrogens is 380 g/mol. The smallest absolute Gasteiger partial charge is 0.339 e. The van der Waals surface area contributed by atoms with E-state index in [0.29, 0.717) is 22.9 Å². The van der Waals surface area contributed by atoms with E-state index in [9.17, 15) is 14.7 Å². The first-order valence-corrected chi connectivity index (χ1v) is 9.50. The third-order valence-electron chi connectivity index (χ3n) is 4.85. The largest absolute Gasteiger partial charge is 0.497 e. The van der Waals surface area contributed by atoms with E-state index in [1.54, 1.807) is 30.9 Å². The standard InChI is InChI=1S/C20H18N2O5S/c1-26-12-3-4-15(16(7-12)27-2)22-9-14(20(24)25)18-19(22)13(8-17(23)21-18)11-5-6-28-10-11/h3-7,9-10,13H,8H2,1-2H3,(H,21,23)(H,24,25)/t13-/m0/s1. The highest BCUT2D eigenvalue weighted by Crippen LogP contribution is 2.43. The van der Waals surface area contributed by atoms with Crippen molar-refractivity contribution in [1.29, 1.82) is 0 Å². The molecule has 0 unspecified atom stereocenters. The number of anilines is 1. The van der Waals surface area contributed by atoms with Crippen LogP contribution < -0.4 is 14.8 Å². The number of hydrogen-bond acceptors (Lipinski definition) is 5. The quantitative estimate of drug-likeness (QED) is 0.684. The van der Waals surface area contributed by atoms with E-state index >= 15 is 0 Å². The topological polar surface area (TPSA) is 89.8 Å². The molecule has 1 amide bonds. The zero-order valence-corrected chi connectivity index (χ0v) is 16.1. The molecule has 1 aliphatic rings. The van der Waals surface area contributed by atoms with Gasteiger partial charge < -0.3 is 24.5 Å². The van der Waals surface area contributed by atoms with Gasteiger partial charge in [-0.3, -0.25) is 4.79 Å². The van der Waals surface area contributed by atoms with Gasteiger partial charge in [0.25, 0.3) is 0 Å². The lowest BCUT2D eigenvalue weighted by Gasteiger charge is -2.26. The summed E-state index contributed by atoms with van der Waals surface area (Å²) >= 11 is 1.54. The van der Waals surface area contributed by atoms with Gasteiger partial charge in [-0.15, -0.1) is 0 Å². The number of hydrogen-bond donors (Lipinski definition) is 2. The molecular formula is C20H18N2O5S. The molecule has 4 rings (SSSR count). The number of carboxylic acids is 1. The molecule has 0 spiro atoms. The first kappa shape index (κ1) is 18.1. The molecule has 0 fully saturated rings. The molecule has 144 valence electrons. The van der Waals surface area contributed by atoms with Crippen molar-refractivity contribution in [2.24, 2.45) is 0 Å². The predicted molar refractivity (Wildman–Crippen MR) is 105 cm³/mol. The van der Waals surface area contributed by atoms with Crippen molar-refractivity contribution >= 4 is 28.9 Å². The zero-order valence-electron chi connectivity index (χ0n) is 15.3. The number of thiophene rings is 1. The third kappa shape index (κ3) is 2.91. The van der Waals surface area contributed by atoms with Gasteiger partial charge >= 0.3 is 5.97 Å². The molecule has 2 aromatic heterocycles. The number of fused-ring (bicyclic) bond motifs is 1. The minimum absolute atomic E-state index is 0.0427. The van der Waals surface area contributed by atoms with E-state index in [4.69, 9.17) is 9.47 Å². The summed E-state index contributed by atoms with van der Waals surface area (Å²) in [7, 11) is 3.11. The van der Waals surface area contributed by atoms with E-state index < -0.39 is 5.97 Å². The average Bonchev–Trinajstić information content (AvgIpc) is 3.35. The van der Waals surface area contributed by atoms with Crippen molar-refractivity contribution in [2.45, 2.75) is 12.3 Å². The van der Waals surface area contributed by atoms with Gasteiger partial charge in [0.05, 0.1) is 31.3 Å². The SMILES string of the molecule is COc1ccc(-n2cc(C(=O)O)c3c2[C@H](c2ccsc2)CC(=O)N3)c(OC)c1. The van der Waals surface area contributed by atoms with Crippen molar-refractivity contribution in [3.05, 3.63) is 58.0 Å². The number of carbonyl (C=O) groups excluding carboxylic acids is 1. The number of aromatic nitrogens is 1. The molecule has 28 heavy (non-hydrogen) atoms. The Hall–Kier alpha value is -3.26. The van der Waals surface area contributed by atoms with Gasteiger partial charge in [0, 0.05) is 24.6 Å². The van der Waals surface area contributed by atoms with Gasteiger partial charge in [0.15, 0.2) is 0 Å². The number of nitrogens with zero attached hydrogens (tertiary/aromatic N) is 1. The van der Waals surface area contributed by atoms with Crippen molar-refractivity contribution < 1.29 is 24.2 Å². The summed E-state index contributed by atoms with van der Waals surface area (Å²) in [5, 5.41) is 16.4. The van der Waals surface area contributed by atoms with Gasteiger partial charge in [-0.05, 0) is 34.5 Å². The molecule has 3 heterocycles. The van der Waals surface area contributed by atoms with Crippen LogP contribution in [0.25, 0.3) is 5.69 Å². The number of ether oxygens (including phenoxy) is 2. The molecule has 0 aliphatic carbocycles. The van der Waals surface area contributed by atoms with E-state index in [-0.39, 0.29) is 23.8 Å². The average molecular weight is 398 g/mol. The van der Waals surface area contributed by atoms with E-state index in [0.717, 1.165) is 11.3 Å². The summed E-state index contributed by atoms with van der Waals surface area (Å²) in [6.45, 7) is 0. The summed E-state index contributed by atoms with van der Waals surface area (Å²) in [6, 6.07) is 7.29. The lowest BCUT2D eigenvalue weighted by molar-refractivity contribution is -0.116. The second kappa shape index (κ2) is 7.05. The molecule has 1 atom stereocenters. The van der Waals surface area contributed by atoms with E-state index in [1.165, 1.54) is 17.5 Å². The van der Waals surface area contributed by atoms with Gasteiger partial charge in [-0.1, -0.05) is 0 Å². The molecule has 1 aromatic carbocycles. The van der Waals surface area contributed by atoms with Crippen LogP contribution in [0, 0.1) is 0 Å². The fraction of sp³-hybridized carbons (Fsp3) is 0.200. The Bertz CT molecular complexity index is 1050. The van der Waals surface area contributed by atoms with Crippen molar-refractivity contribution in [1.82, 2.24) is 4.57 Å². The number of benzene rings is 1. The molecule has 7 nitrogen and oxygen atoms in total. The van der Waals surface area contributed by atoms with Crippen LogP contribution in [-0.4, -0.2) is 35.8 Å². The highest BCUT2D eigenvalue weighted by Gasteiger charge is 2.35. The zero-order chi connectivity index (χ0) is 19.8. The number of carboxylic acid groups (broad SMARTS) is 1. The Labute approximate surface area is 165 Å². The van der Waals surface area contributed by atoms with Crippen molar-refractivity contribution in [3.63, 3.8) is 0 Å². The molecule has 8 heteroatoms. The van der Waals surface area contributed by atoms with Crippen LogP contribution in [-0.2, 0) is 4.79 Å². The monoisotopic (exact) mass is 398 g/mol. The van der Waals surface area contributed by atoms with Crippen LogP contribution >= 0.6 is 11.3 Å². The summed E-state index contributed by atoms with van der Waals surface area (Å²) in [4.78, 5) is 24.2. The van der Waals surface area contributed by atoms with Crippen LogP contribution in [0.4, 0.5) is 5.69 Å². The van der Waals surface area contributed by atoms with Crippen molar-refractivity contribution in [3.8, 4) is 17.2 Å². The van der Waals surface area contributed by atoms with Crippen LogP contribution in [0.2, 0.25) is 0 Å². The van der Waals surface area contributed by atoms with Crippen LogP contribution in [0.3, 0.4) is 0 Å². The summed E-state index contributed by atoms with van der Waals surface area (Å²) in [5.74, 6) is -0.396.